The zero-order valence-electron chi connectivity index (χ0n) is 13.3. The van der Waals surface area contributed by atoms with Crippen LogP contribution in [0.5, 0.6) is 0 Å². The van der Waals surface area contributed by atoms with Gasteiger partial charge in [0.1, 0.15) is 0 Å². The average molecular weight is 295 g/mol. The lowest BCUT2D eigenvalue weighted by Crippen LogP contribution is -2.38. The summed E-state index contributed by atoms with van der Waals surface area (Å²) in [6.45, 7) is 11.4. The van der Waals surface area contributed by atoms with Gasteiger partial charge in [0.25, 0.3) is 0 Å². The van der Waals surface area contributed by atoms with Crippen molar-refractivity contribution in [3.05, 3.63) is 21.9 Å². The summed E-state index contributed by atoms with van der Waals surface area (Å²) in [5.41, 5.74) is 0. The number of likely N-dealkylation sites (tertiary alicyclic amines) is 1. The van der Waals surface area contributed by atoms with Crippen molar-refractivity contribution in [2.75, 3.05) is 13.1 Å². The molecule has 0 spiro atoms. The maximum absolute atomic E-state index is 3.53. The summed E-state index contributed by atoms with van der Waals surface area (Å²) in [6, 6.07) is 5.45. The molecule has 0 amide bonds. The maximum Gasteiger partial charge on any atom is 0.0330 e. The summed E-state index contributed by atoms with van der Waals surface area (Å²) < 4.78 is 0. The van der Waals surface area contributed by atoms with Crippen LogP contribution in [0.2, 0.25) is 0 Å². The summed E-state index contributed by atoms with van der Waals surface area (Å²) >= 11 is 1.99. The predicted molar refractivity (Wildman–Crippen MR) is 89.2 cm³/mol. The Morgan fingerprint density at radius 3 is 2.85 bits per heavy atom. The Labute approximate surface area is 128 Å². The second-order valence-corrected chi connectivity index (χ2v) is 7.67. The number of hydrogen-bond donors (Lipinski definition) is 1. The largest absolute Gasteiger partial charge is 0.312 e. The van der Waals surface area contributed by atoms with E-state index < -0.39 is 0 Å². The Balaban J connectivity index is 1.82. The Kier molecular flexibility index (Phi) is 6.53. The first-order valence-electron chi connectivity index (χ1n) is 8.21. The molecule has 1 fully saturated rings. The van der Waals surface area contributed by atoms with Crippen LogP contribution in [0.25, 0.3) is 0 Å². The molecule has 1 atom stereocenters. The first kappa shape index (κ1) is 16.0. The van der Waals surface area contributed by atoms with Crippen LogP contribution >= 0.6 is 11.3 Å². The van der Waals surface area contributed by atoms with Gasteiger partial charge >= 0.3 is 0 Å². The van der Waals surface area contributed by atoms with Gasteiger partial charge in [-0.15, -0.1) is 11.3 Å². The van der Waals surface area contributed by atoms with E-state index in [0.29, 0.717) is 0 Å². The lowest BCUT2D eigenvalue weighted by Gasteiger charge is -2.34. The molecule has 2 rings (SSSR count). The molecule has 3 heteroatoms. The van der Waals surface area contributed by atoms with Gasteiger partial charge < -0.3 is 5.32 Å². The molecular weight excluding hydrogens is 264 g/mol. The van der Waals surface area contributed by atoms with Gasteiger partial charge in [-0.05, 0) is 50.4 Å². The molecule has 1 aliphatic rings. The third-order valence-electron chi connectivity index (χ3n) is 4.15. The summed E-state index contributed by atoms with van der Waals surface area (Å²) in [4.78, 5) is 5.71. The van der Waals surface area contributed by atoms with Crippen LogP contribution in [-0.2, 0) is 13.1 Å². The first-order valence-corrected chi connectivity index (χ1v) is 9.03. The van der Waals surface area contributed by atoms with Gasteiger partial charge in [-0.25, -0.2) is 0 Å². The van der Waals surface area contributed by atoms with Crippen LogP contribution in [0, 0.1) is 5.92 Å². The van der Waals surface area contributed by atoms with E-state index in [1.807, 2.05) is 11.3 Å². The van der Waals surface area contributed by atoms with E-state index >= 15 is 0 Å². The topological polar surface area (TPSA) is 15.3 Å². The molecule has 1 saturated heterocycles. The van der Waals surface area contributed by atoms with Crippen molar-refractivity contribution in [1.82, 2.24) is 10.2 Å². The number of piperidine rings is 1. The van der Waals surface area contributed by atoms with Crippen molar-refractivity contribution in [2.45, 2.75) is 65.6 Å². The summed E-state index contributed by atoms with van der Waals surface area (Å²) in [6.07, 6.45) is 5.49. The van der Waals surface area contributed by atoms with Crippen LogP contribution in [0.1, 0.15) is 56.2 Å². The highest BCUT2D eigenvalue weighted by molar-refractivity contribution is 7.11. The quantitative estimate of drug-likeness (QED) is 0.808. The number of hydrogen-bond acceptors (Lipinski definition) is 3. The van der Waals surface area contributed by atoms with Crippen molar-refractivity contribution >= 4 is 11.3 Å². The number of thiophene rings is 1. The predicted octanol–water partition coefficient (Wildman–Crippen LogP) is 4.26. The van der Waals surface area contributed by atoms with Gasteiger partial charge in [0.15, 0.2) is 0 Å². The SMILES string of the molecule is CCC1CCCCN1Cc1ccc(CNCC(C)C)s1. The fourth-order valence-corrected chi connectivity index (χ4v) is 4.03. The van der Waals surface area contributed by atoms with E-state index in [0.717, 1.165) is 31.6 Å². The second kappa shape index (κ2) is 8.16. The van der Waals surface area contributed by atoms with Gasteiger partial charge in [-0.3, -0.25) is 4.90 Å². The van der Waals surface area contributed by atoms with E-state index in [-0.39, 0.29) is 0 Å². The summed E-state index contributed by atoms with van der Waals surface area (Å²) in [5, 5.41) is 3.53. The summed E-state index contributed by atoms with van der Waals surface area (Å²) in [5.74, 6) is 0.730. The Morgan fingerprint density at radius 1 is 1.30 bits per heavy atom. The zero-order valence-corrected chi connectivity index (χ0v) is 14.1. The molecular formula is C17H30N2S. The van der Waals surface area contributed by atoms with Crippen LogP contribution in [-0.4, -0.2) is 24.0 Å². The highest BCUT2D eigenvalue weighted by atomic mass is 32.1. The standard InChI is InChI=1S/C17H30N2S/c1-4-15-7-5-6-10-19(15)13-17-9-8-16(20-17)12-18-11-14(2)3/h8-9,14-15,18H,4-7,10-13H2,1-3H3. The molecule has 20 heavy (non-hydrogen) atoms. The van der Waals surface area contributed by atoms with E-state index in [1.54, 1.807) is 0 Å². The molecule has 2 nitrogen and oxygen atoms in total. The maximum atomic E-state index is 3.53. The fourth-order valence-electron chi connectivity index (χ4n) is 3.02. The molecule has 2 heterocycles. The lowest BCUT2D eigenvalue weighted by atomic mass is 10.00. The molecule has 1 aromatic rings. The van der Waals surface area contributed by atoms with Gasteiger partial charge in [-0.1, -0.05) is 27.2 Å². The normalized spacial score (nSPS) is 20.7. The molecule has 1 unspecified atom stereocenters. The van der Waals surface area contributed by atoms with Crippen molar-refractivity contribution in [2.24, 2.45) is 5.92 Å². The van der Waals surface area contributed by atoms with Crippen molar-refractivity contribution in [1.29, 1.82) is 0 Å². The van der Waals surface area contributed by atoms with Crippen LogP contribution < -0.4 is 5.32 Å². The van der Waals surface area contributed by atoms with Crippen LogP contribution in [0.3, 0.4) is 0 Å². The smallest absolute Gasteiger partial charge is 0.0330 e. The fraction of sp³-hybridized carbons (Fsp3) is 0.765. The van der Waals surface area contributed by atoms with E-state index in [9.17, 15) is 0 Å². The Morgan fingerprint density at radius 2 is 2.10 bits per heavy atom. The number of nitrogens with zero attached hydrogens (tertiary/aromatic N) is 1. The van der Waals surface area contributed by atoms with Crippen LogP contribution in [0.15, 0.2) is 12.1 Å². The first-order chi connectivity index (χ1) is 9.69. The molecule has 0 aliphatic carbocycles. The molecule has 1 N–H and O–H groups in total. The average Bonchev–Trinajstić information content (AvgIpc) is 2.86. The third kappa shape index (κ3) is 4.87. The van der Waals surface area contributed by atoms with Gasteiger partial charge in [0.05, 0.1) is 0 Å². The van der Waals surface area contributed by atoms with Gasteiger partial charge in [0.2, 0.25) is 0 Å². The lowest BCUT2D eigenvalue weighted by molar-refractivity contribution is 0.137. The third-order valence-corrected chi connectivity index (χ3v) is 5.22. The number of nitrogens with one attached hydrogen (secondary N) is 1. The number of rotatable bonds is 7. The van der Waals surface area contributed by atoms with Crippen molar-refractivity contribution in [3.63, 3.8) is 0 Å². The second-order valence-electron chi connectivity index (χ2n) is 6.42. The highest BCUT2D eigenvalue weighted by Gasteiger charge is 2.21. The molecule has 0 saturated carbocycles. The Bertz CT molecular complexity index is 386. The molecule has 1 aromatic heterocycles. The molecule has 0 radical (unpaired) electrons. The van der Waals surface area contributed by atoms with Crippen LogP contribution in [0.4, 0.5) is 0 Å². The Hall–Kier alpha value is -0.380. The van der Waals surface area contributed by atoms with Gasteiger partial charge in [0, 0.05) is 28.9 Å². The minimum Gasteiger partial charge on any atom is -0.312 e. The zero-order chi connectivity index (χ0) is 14.4. The van der Waals surface area contributed by atoms with Crippen molar-refractivity contribution in [3.8, 4) is 0 Å². The molecule has 1 aliphatic heterocycles. The van der Waals surface area contributed by atoms with E-state index in [1.165, 1.54) is 42.0 Å². The highest BCUT2D eigenvalue weighted by Crippen LogP contribution is 2.24. The van der Waals surface area contributed by atoms with E-state index in [2.05, 4.69) is 43.1 Å². The molecule has 0 bridgehead atoms. The van der Waals surface area contributed by atoms with Gasteiger partial charge in [-0.2, -0.15) is 0 Å². The molecule has 0 aromatic carbocycles. The molecule has 114 valence electrons. The monoisotopic (exact) mass is 294 g/mol. The van der Waals surface area contributed by atoms with Crippen molar-refractivity contribution < 1.29 is 0 Å². The van der Waals surface area contributed by atoms with E-state index in [4.69, 9.17) is 0 Å². The minimum atomic E-state index is 0.730. The minimum absolute atomic E-state index is 0.730. The summed E-state index contributed by atoms with van der Waals surface area (Å²) in [7, 11) is 0.